The molecule has 1 unspecified atom stereocenters. The number of fused-ring (bicyclic) bond motifs is 1. The summed E-state index contributed by atoms with van der Waals surface area (Å²) in [5.41, 5.74) is 6.49. The minimum atomic E-state index is 0.140. The van der Waals surface area contributed by atoms with Crippen molar-refractivity contribution in [3.63, 3.8) is 0 Å². The van der Waals surface area contributed by atoms with Gasteiger partial charge in [0.1, 0.15) is 6.29 Å². The summed E-state index contributed by atoms with van der Waals surface area (Å²) in [7, 11) is 0. The van der Waals surface area contributed by atoms with Gasteiger partial charge in [0, 0.05) is 5.56 Å². The van der Waals surface area contributed by atoms with Gasteiger partial charge in [-0.15, -0.1) is 0 Å². The van der Waals surface area contributed by atoms with E-state index in [9.17, 15) is 4.79 Å². The number of carbonyl (C=O) groups excluding carboxylic acids is 1. The van der Waals surface area contributed by atoms with Crippen LogP contribution < -0.4 is 0 Å². The summed E-state index contributed by atoms with van der Waals surface area (Å²) in [5.74, 6) is 0.622. The van der Waals surface area contributed by atoms with Gasteiger partial charge in [-0.2, -0.15) is 0 Å². The summed E-state index contributed by atoms with van der Waals surface area (Å²) in [4.78, 5) is 11.3. The first-order valence-corrected chi connectivity index (χ1v) is 7.23. The molecule has 0 aromatic heterocycles. The normalized spacial score (nSPS) is 23.8. The summed E-state index contributed by atoms with van der Waals surface area (Å²) >= 11 is 0. The molecule has 0 saturated heterocycles. The van der Waals surface area contributed by atoms with Crippen molar-refractivity contribution in [2.24, 2.45) is 5.92 Å². The standard InChI is InChI=1S/C18H26O/c1-11-9-17(4,5)16-13(3)12(2)14(10-19)8-15(16)18(11,6)7/h8,10-11H,9H2,1-7H3. The molecular formula is C18H26O. The van der Waals surface area contributed by atoms with E-state index < -0.39 is 0 Å². The number of hydrogen-bond donors (Lipinski definition) is 0. The first-order chi connectivity index (χ1) is 8.63. The van der Waals surface area contributed by atoms with Crippen LogP contribution in [-0.4, -0.2) is 6.29 Å². The smallest absolute Gasteiger partial charge is 0.150 e. The average Bonchev–Trinajstić information content (AvgIpc) is 2.29. The predicted molar refractivity (Wildman–Crippen MR) is 81.1 cm³/mol. The maximum atomic E-state index is 11.3. The number of carbonyl (C=O) groups is 1. The molecule has 0 fully saturated rings. The van der Waals surface area contributed by atoms with E-state index >= 15 is 0 Å². The Hall–Kier alpha value is -1.11. The lowest BCUT2D eigenvalue weighted by molar-refractivity contribution is 0.112. The number of hydrogen-bond acceptors (Lipinski definition) is 1. The zero-order valence-corrected chi connectivity index (χ0v) is 13.3. The zero-order chi connectivity index (χ0) is 14.6. The molecular weight excluding hydrogens is 232 g/mol. The molecule has 2 rings (SSSR count). The molecule has 0 spiro atoms. The van der Waals surface area contributed by atoms with E-state index in [2.05, 4.69) is 54.5 Å². The molecule has 1 atom stereocenters. The van der Waals surface area contributed by atoms with E-state index in [0.717, 1.165) is 17.4 Å². The van der Waals surface area contributed by atoms with Crippen LogP contribution in [0.15, 0.2) is 6.07 Å². The molecule has 0 amide bonds. The molecule has 0 bridgehead atoms. The molecule has 19 heavy (non-hydrogen) atoms. The van der Waals surface area contributed by atoms with Crippen molar-refractivity contribution < 1.29 is 4.79 Å². The molecule has 0 heterocycles. The molecule has 1 aromatic carbocycles. The molecule has 0 saturated carbocycles. The van der Waals surface area contributed by atoms with Gasteiger partial charge in [-0.1, -0.05) is 34.6 Å². The van der Waals surface area contributed by atoms with Crippen LogP contribution in [0.4, 0.5) is 0 Å². The number of benzene rings is 1. The van der Waals surface area contributed by atoms with Crippen LogP contribution >= 0.6 is 0 Å². The van der Waals surface area contributed by atoms with Gasteiger partial charge in [-0.05, 0) is 65.3 Å². The second-order valence-electron chi connectivity index (χ2n) is 7.47. The topological polar surface area (TPSA) is 17.1 Å². The monoisotopic (exact) mass is 258 g/mol. The highest BCUT2D eigenvalue weighted by molar-refractivity contribution is 5.79. The summed E-state index contributed by atoms with van der Waals surface area (Å²) < 4.78 is 0. The molecule has 1 aromatic rings. The van der Waals surface area contributed by atoms with Crippen LogP contribution in [0.3, 0.4) is 0 Å². The fourth-order valence-corrected chi connectivity index (χ4v) is 3.83. The first-order valence-electron chi connectivity index (χ1n) is 7.23. The van der Waals surface area contributed by atoms with Crippen molar-refractivity contribution in [1.82, 2.24) is 0 Å². The Morgan fingerprint density at radius 3 is 2.26 bits per heavy atom. The third-order valence-electron chi connectivity index (χ3n) is 5.49. The van der Waals surface area contributed by atoms with Gasteiger partial charge in [0.15, 0.2) is 0 Å². The van der Waals surface area contributed by atoms with Gasteiger partial charge in [-0.25, -0.2) is 0 Å². The summed E-state index contributed by atoms with van der Waals surface area (Å²) in [5, 5.41) is 0. The van der Waals surface area contributed by atoms with E-state index in [-0.39, 0.29) is 10.8 Å². The third-order valence-corrected chi connectivity index (χ3v) is 5.49. The van der Waals surface area contributed by atoms with E-state index in [1.54, 1.807) is 0 Å². The van der Waals surface area contributed by atoms with Crippen LogP contribution in [0, 0.1) is 19.8 Å². The van der Waals surface area contributed by atoms with Crippen molar-refractivity contribution in [2.45, 2.75) is 65.7 Å². The quantitative estimate of drug-likeness (QED) is 0.667. The SMILES string of the molecule is Cc1c(C=O)cc2c(c1C)C(C)(C)CC(C)C2(C)C. The maximum absolute atomic E-state index is 11.3. The maximum Gasteiger partial charge on any atom is 0.150 e. The summed E-state index contributed by atoms with van der Waals surface area (Å²) in [6.07, 6.45) is 2.21. The largest absolute Gasteiger partial charge is 0.298 e. The van der Waals surface area contributed by atoms with Crippen LogP contribution in [-0.2, 0) is 10.8 Å². The Kier molecular flexibility index (Phi) is 3.16. The van der Waals surface area contributed by atoms with Crippen LogP contribution in [0.2, 0.25) is 0 Å². The molecule has 0 N–H and O–H groups in total. The lowest BCUT2D eigenvalue weighted by Gasteiger charge is -2.47. The molecule has 1 heteroatoms. The Bertz CT molecular complexity index is 535. The third kappa shape index (κ3) is 1.94. The van der Waals surface area contributed by atoms with E-state index in [4.69, 9.17) is 0 Å². The van der Waals surface area contributed by atoms with Crippen LogP contribution in [0.1, 0.15) is 73.7 Å². The summed E-state index contributed by atoms with van der Waals surface area (Å²) in [6, 6.07) is 2.14. The summed E-state index contributed by atoms with van der Waals surface area (Å²) in [6.45, 7) is 15.9. The van der Waals surface area contributed by atoms with Crippen molar-refractivity contribution in [3.8, 4) is 0 Å². The molecule has 0 aliphatic heterocycles. The second-order valence-corrected chi connectivity index (χ2v) is 7.47. The fraction of sp³-hybridized carbons (Fsp3) is 0.611. The number of aldehydes is 1. The van der Waals surface area contributed by atoms with Crippen LogP contribution in [0.25, 0.3) is 0 Å². The Morgan fingerprint density at radius 2 is 1.74 bits per heavy atom. The first kappa shape index (κ1) is 14.3. The highest BCUT2D eigenvalue weighted by Gasteiger charge is 2.43. The molecule has 1 nitrogen and oxygen atoms in total. The Balaban J connectivity index is 2.86. The van der Waals surface area contributed by atoms with E-state index in [1.807, 2.05) is 0 Å². The minimum absolute atomic E-state index is 0.140. The molecule has 1 aliphatic rings. The predicted octanol–water partition coefficient (Wildman–Crippen LogP) is 4.71. The highest BCUT2D eigenvalue weighted by atomic mass is 16.1. The van der Waals surface area contributed by atoms with Crippen LogP contribution in [0.5, 0.6) is 0 Å². The van der Waals surface area contributed by atoms with Gasteiger partial charge in [0.25, 0.3) is 0 Å². The molecule has 1 aliphatic carbocycles. The van der Waals surface area contributed by atoms with Gasteiger partial charge in [0.2, 0.25) is 0 Å². The Morgan fingerprint density at radius 1 is 1.16 bits per heavy atom. The van der Waals surface area contributed by atoms with E-state index in [0.29, 0.717) is 5.92 Å². The van der Waals surface area contributed by atoms with Crippen molar-refractivity contribution >= 4 is 6.29 Å². The van der Waals surface area contributed by atoms with Gasteiger partial charge in [-0.3, -0.25) is 4.79 Å². The van der Waals surface area contributed by atoms with E-state index in [1.165, 1.54) is 23.1 Å². The Labute approximate surface area is 117 Å². The lowest BCUT2D eigenvalue weighted by atomic mass is 9.57. The molecule has 0 radical (unpaired) electrons. The highest BCUT2D eigenvalue weighted by Crippen LogP contribution is 2.50. The lowest BCUT2D eigenvalue weighted by Crippen LogP contribution is -2.41. The zero-order valence-electron chi connectivity index (χ0n) is 13.3. The second kappa shape index (κ2) is 4.19. The average molecular weight is 258 g/mol. The van der Waals surface area contributed by atoms with Crippen molar-refractivity contribution in [3.05, 3.63) is 33.9 Å². The fourth-order valence-electron chi connectivity index (χ4n) is 3.83. The minimum Gasteiger partial charge on any atom is -0.298 e. The van der Waals surface area contributed by atoms with Crippen molar-refractivity contribution in [2.75, 3.05) is 0 Å². The van der Waals surface area contributed by atoms with Gasteiger partial charge < -0.3 is 0 Å². The molecule has 104 valence electrons. The van der Waals surface area contributed by atoms with Crippen molar-refractivity contribution in [1.29, 1.82) is 0 Å². The van der Waals surface area contributed by atoms with Gasteiger partial charge in [0.05, 0.1) is 0 Å². The van der Waals surface area contributed by atoms with Gasteiger partial charge >= 0.3 is 0 Å². The number of rotatable bonds is 1.